The summed E-state index contributed by atoms with van der Waals surface area (Å²) in [5.74, 6) is -0.793. The van der Waals surface area contributed by atoms with Crippen molar-refractivity contribution in [3.8, 4) is 0 Å². The standard InChI is InChI=1S/C15H24N2O2.C13H20N2O3.C8H10N2O2/c1-3-5-6-11(4-2)10-19-15(18)12-7-13(16)9-14(17)8-12;1-2-3-4-17-5-6-18-13(16)10-7-11(14)9-12(15)8-10;1-12-8(11)5-2-6(9)4-7(10)3-5/h7-9,11H,3-6,10,16-17H2,1-2H3;7-9H,2-6,14-15H2,1H3;2-4H,9-10H2,1H3. The fraction of sp³-hybridized carbons (Fsp3) is 0.417. The van der Waals surface area contributed by atoms with Gasteiger partial charge in [0.05, 0.1) is 37.0 Å². The zero-order chi connectivity index (χ0) is 36.8. The largest absolute Gasteiger partial charge is 0.465 e. The van der Waals surface area contributed by atoms with Crippen LogP contribution in [0.5, 0.6) is 0 Å². The first-order chi connectivity index (χ1) is 23.3. The monoisotopic (exact) mass is 682 g/mol. The lowest BCUT2D eigenvalue weighted by Gasteiger charge is -2.14. The van der Waals surface area contributed by atoms with Crippen molar-refractivity contribution in [2.75, 3.05) is 67.9 Å². The van der Waals surface area contributed by atoms with E-state index in [1.54, 1.807) is 30.3 Å². The van der Waals surface area contributed by atoms with E-state index in [4.69, 9.17) is 48.6 Å². The van der Waals surface area contributed by atoms with Crippen LogP contribution in [0.3, 0.4) is 0 Å². The Balaban J connectivity index is 0.000000377. The molecule has 3 aromatic carbocycles. The number of rotatable bonds is 15. The number of esters is 3. The van der Waals surface area contributed by atoms with Crippen molar-refractivity contribution in [2.45, 2.75) is 59.3 Å². The number of nitrogen functional groups attached to an aromatic ring is 6. The molecule has 0 saturated heterocycles. The summed E-state index contributed by atoms with van der Waals surface area (Å²) in [6, 6.07) is 14.1. The zero-order valence-electron chi connectivity index (χ0n) is 29.2. The van der Waals surface area contributed by atoms with Gasteiger partial charge in [-0.3, -0.25) is 0 Å². The molecule has 0 radical (unpaired) electrons. The van der Waals surface area contributed by atoms with Crippen LogP contribution in [0.4, 0.5) is 34.1 Å². The maximum absolute atomic E-state index is 11.9. The molecule has 270 valence electrons. The fourth-order valence-corrected chi connectivity index (χ4v) is 4.30. The number of nitrogens with two attached hydrogens (primary N) is 6. The second-order valence-corrected chi connectivity index (χ2v) is 11.3. The summed E-state index contributed by atoms with van der Waals surface area (Å²) in [4.78, 5) is 34.5. The van der Waals surface area contributed by atoms with Crippen LogP contribution < -0.4 is 34.4 Å². The van der Waals surface area contributed by atoms with Crippen LogP contribution >= 0.6 is 0 Å². The molecule has 0 amide bonds. The fourth-order valence-electron chi connectivity index (χ4n) is 4.30. The molecule has 13 heteroatoms. The van der Waals surface area contributed by atoms with E-state index in [1.807, 2.05) is 0 Å². The second kappa shape index (κ2) is 23.2. The van der Waals surface area contributed by atoms with Gasteiger partial charge in [0, 0.05) is 40.7 Å². The van der Waals surface area contributed by atoms with Crippen LogP contribution in [0, 0.1) is 5.92 Å². The summed E-state index contributed by atoms with van der Waals surface area (Å²) in [7, 11) is 1.31. The van der Waals surface area contributed by atoms with Gasteiger partial charge in [-0.25, -0.2) is 14.4 Å². The molecule has 0 aromatic heterocycles. The van der Waals surface area contributed by atoms with E-state index in [-0.39, 0.29) is 12.6 Å². The van der Waals surface area contributed by atoms with E-state index < -0.39 is 11.9 Å². The molecule has 3 rings (SSSR count). The Bertz CT molecular complexity index is 1410. The highest BCUT2D eigenvalue weighted by molar-refractivity contribution is 5.93. The minimum absolute atomic E-state index is 0.233. The number of ether oxygens (including phenoxy) is 4. The Morgan fingerprint density at radius 2 is 0.959 bits per heavy atom. The van der Waals surface area contributed by atoms with Crippen LogP contribution in [0.1, 0.15) is 90.4 Å². The van der Waals surface area contributed by atoms with Crippen LogP contribution in [-0.2, 0) is 18.9 Å². The molecule has 1 unspecified atom stereocenters. The zero-order valence-corrected chi connectivity index (χ0v) is 29.2. The van der Waals surface area contributed by atoms with Crippen molar-refractivity contribution < 1.29 is 33.3 Å². The normalized spacial score (nSPS) is 10.8. The Kier molecular flexibility index (Phi) is 19.8. The Hall–Kier alpha value is -5.17. The first-order valence-corrected chi connectivity index (χ1v) is 16.3. The summed E-state index contributed by atoms with van der Waals surface area (Å²) in [5, 5.41) is 0. The molecule has 0 aliphatic rings. The topological polar surface area (TPSA) is 244 Å². The van der Waals surface area contributed by atoms with Crippen molar-refractivity contribution >= 4 is 52.0 Å². The van der Waals surface area contributed by atoms with Gasteiger partial charge in [0.15, 0.2) is 0 Å². The Morgan fingerprint density at radius 1 is 0.551 bits per heavy atom. The van der Waals surface area contributed by atoms with Crippen LogP contribution in [0.15, 0.2) is 54.6 Å². The summed E-state index contributed by atoms with van der Waals surface area (Å²) in [6.45, 7) is 8.17. The van der Waals surface area contributed by atoms with Crippen LogP contribution in [-0.4, -0.2) is 51.4 Å². The Morgan fingerprint density at radius 3 is 1.35 bits per heavy atom. The van der Waals surface area contributed by atoms with Gasteiger partial charge in [-0.05, 0) is 73.4 Å². The van der Waals surface area contributed by atoms with E-state index in [1.165, 1.54) is 37.8 Å². The van der Waals surface area contributed by atoms with E-state index in [0.717, 1.165) is 32.1 Å². The summed E-state index contributed by atoms with van der Waals surface area (Å²) in [5.41, 5.74) is 37.3. The minimum atomic E-state index is -0.437. The second-order valence-electron chi connectivity index (χ2n) is 11.3. The molecule has 0 saturated carbocycles. The van der Waals surface area contributed by atoms with Crippen molar-refractivity contribution in [2.24, 2.45) is 5.92 Å². The lowest BCUT2D eigenvalue weighted by molar-refractivity contribution is 0.0313. The number of carbonyl (C=O) groups is 3. The molecular weight excluding hydrogens is 628 g/mol. The van der Waals surface area contributed by atoms with Crippen molar-refractivity contribution in [1.82, 2.24) is 0 Å². The molecule has 0 aliphatic heterocycles. The summed E-state index contributed by atoms with van der Waals surface area (Å²) < 4.78 is 20.2. The molecular formula is C36H54N6O7. The average Bonchev–Trinajstić information content (AvgIpc) is 3.05. The highest BCUT2D eigenvalue weighted by Gasteiger charge is 2.13. The smallest absolute Gasteiger partial charge is 0.338 e. The molecule has 12 N–H and O–H groups in total. The van der Waals surface area contributed by atoms with E-state index in [2.05, 4.69) is 25.5 Å². The first-order valence-electron chi connectivity index (χ1n) is 16.3. The molecule has 0 heterocycles. The number of anilines is 6. The predicted octanol–water partition coefficient (Wildman–Crippen LogP) is 5.69. The molecule has 49 heavy (non-hydrogen) atoms. The van der Waals surface area contributed by atoms with Gasteiger partial charge in [-0.15, -0.1) is 0 Å². The molecule has 13 nitrogen and oxygen atoms in total. The van der Waals surface area contributed by atoms with Gasteiger partial charge >= 0.3 is 17.9 Å². The molecule has 1 atom stereocenters. The maximum atomic E-state index is 11.9. The first kappa shape index (κ1) is 41.9. The molecule has 0 bridgehead atoms. The van der Waals surface area contributed by atoms with Crippen LogP contribution in [0.2, 0.25) is 0 Å². The third-order valence-electron chi connectivity index (χ3n) is 6.92. The highest BCUT2D eigenvalue weighted by Crippen LogP contribution is 2.18. The van der Waals surface area contributed by atoms with Crippen LogP contribution in [0.25, 0.3) is 0 Å². The lowest BCUT2D eigenvalue weighted by atomic mass is 10.0. The minimum Gasteiger partial charge on any atom is -0.465 e. The number of benzene rings is 3. The highest BCUT2D eigenvalue weighted by atomic mass is 16.6. The molecule has 0 spiro atoms. The average molecular weight is 683 g/mol. The van der Waals surface area contributed by atoms with Crippen molar-refractivity contribution in [3.63, 3.8) is 0 Å². The van der Waals surface area contributed by atoms with E-state index in [9.17, 15) is 14.4 Å². The maximum Gasteiger partial charge on any atom is 0.338 e. The lowest BCUT2D eigenvalue weighted by Crippen LogP contribution is -2.14. The number of hydrogen-bond donors (Lipinski definition) is 6. The van der Waals surface area contributed by atoms with Gasteiger partial charge in [0.2, 0.25) is 0 Å². The van der Waals surface area contributed by atoms with Crippen molar-refractivity contribution in [1.29, 1.82) is 0 Å². The van der Waals surface area contributed by atoms with Gasteiger partial charge in [0.1, 0.15) is 6.61 Å². The molecule has 0 aliphatic carbocycles. The van der Waals surface area contributed by atoms with Gasteiger partial charge in [-0.1, -0.05) is 46.5 Å². The number of hydrogen-bond acceptors (Lipinski definition) is 13. The van der Waals surface area contributed by atoms with E-state index >= 15 is 0 Å². The third kappa shape index (κ3) is 17.5. The number of methoxy groups -OCH3 is 1. The van der Waals surface area contributed by atoms with Gasteiger partial charge < -0.3 is 53.3 Å². The SMILES string of the molecule is CCCCC(CC)COC(=O)c1cc(N)cc(N)c1.CCCCOCCOC(=O)c1cc(N)cc(N)c1.COC(=O)c1cc(N)cc(N)c1. The number of unbranched alkanes of at least 4 members (excludes halogenated alkanes) is 2. The quantitative estimate of drug-likeness (QED) is 0.0489. The number of carbonyl (C=O) groups excluding carboxylic acids is 3. The summed E-state index contributed by atoms with van der Waals surface area (Å²) in [6.07, 6.45) is 6.55. The van der Waals surface area contributed by atoms with Crippen molar-refractivity contribution in [3.05, 3.63) is 71.3 Å². The van der Waals surface area contributed by atoms with E-state index in [0.29, 0.717) is 76.6 Å². The van der Waals surface area contributed by atoms with Gasteiger partial charge in [-0.2, -0.15) is 0 Å². The third-order valence-corrected chi connectivity index (χ3v) is 6.92. The summed E-state index contributed by atoms with van der Waals surface area (Å²) >= 11 is 0. The molecule has 3 aromatic rings. The molecule has 0 fully saturated rings. The van der Waals surface area contributed by atoms with Gasteiger partial charge in [0.25, 0.3) is 0 Å². The Labute approximate surface area is 289 Å². The predicted molar refractivity (Wildman–Crippen MR) is 197 cm³/mol.